The molecule has 0 unspecified atom stereocenters. The highest BCUT2D eigenvalue weighted by Crippen LogP contribution is 2.35. The molecule has 10 heteroatoms. The predicted octanol–water partition coefficient (Wildman–Crippen LogP) is 5.93. The number of hydrogen-bond donors (Lipinski definition) is 2. The number of nitrogens with one attached hydrogen (secondary N) is 1. The van der Waals surface area contributed by atoms with Crippen molar-refractivity contribution in [3.05, 3.63) is 68.7 Å². The Kier molecular flexibility index (Phi) is 5.76. The third kappa shape index (κ3) is 3.91. The maximum Gasteiger partial charge on any atom is 0.348 e. The second kappa shape index (κ2) is 8.88. The van der Waals surface area contributed by atoms with Crippen LogP contribution in [0.5, 0.6) is 6.01 Å². The van der Waals surface area contributed by atoms with Gasteiger partial charge in [-0.25, -0.2) is 9.95 Å². The average molecular weight is 493 g/mol. The number of imidazole rings is 1. The normalized spacial score (nSPS) is 11.2. The minimum Gasteiger partial charge on any atom is -0.477 e. The van der Waals surface area contributed by atoms with Crippen molar-refractivity contribution in [2.24, 2.45) is 0 Å². The summed E-state index contributed by atoms with van der Waals surface area (Å²) in [4.78, 5) is 21.9. The van der Waals surface area contributed by atoms with Crippen LogP contribution in [0.2, 0.25) is 0 Å². The number of hydrogen-bond acceptors (Lipinski definition) is 7. The molecule has 2 N–H and O–H groups in total. The van der Waals surface area contributed by atoms with Crippen molar-refractivity contribution < 1.29 is 19.2 Å². The number of carboxylic acids is 1. The highest BCUT2D eigenvalue weighted by molar-refractivity contribution is 7.71. The van der Waals surface area contributed by atoms with Crippen molar-refractivity contribution in [1.82, 2.24) is 19.7 Å². The number of fused-ring (bicyclic) bond motifs is 1. The van der Waals surface area contributed by atoms with Crippen LogP contribution in [0.15, 0.2) is 53.1 Å². The number of aromatic amines is 1. The highest BCUT2D eigenvalue weighted by Gasteiger charge is 2.23. The Morgan fingerprint density at radius 3 is 2.56 bits per heavy atom. The smallest absolute Gasteiger partial charge is 0.348 e. The van der Waals surface area contributed by atoms with Crippen molar-refractivity contribution in [1.29, 1.82) is 0 Å². The van der Waals surface area contributed by atoms with Gasteiger partial charge in [0.15, 0.2) is 5.82 Å². The maximum atomic E-state index is 11.9. The molecule has 8 nitrogen and oxygen atoms in total. The predicted molar refractivity (Wildman–Crippen MR) is 132 cm³/mol. The fraction of sp³-hybridized carbons (Fsp3) is 0.167. The molecule has 0 atom stereocenters. The molecule has 34 heavy (non-hydrogen) atoms. The molecule has 0 aliphatic carbocycles. The molecule has 0 fully saturated rings. The lowest BCUT2D eigenvalue weighted by atomic mass is 9.98. The molecule has 0 radical (unpaired) electrons. The summed E-state index contributed by atoms with van der Waals surface area (Å²) in [6.07, 6.45) is 0. The van der Waals surface area contributed by atoms with Gasteiger partial charge in [-0.2, -0.15) is 9.97 Å². The number of rotatable bonds is 7. The highest BCUT2D eigenvalue weighted by atomic mass is 32.1. The quantitative estimate of drug-likeness (QED) is 0.271. The lowest BCUT2D eigenvalue weighted by molar-refractivity contribution is 0.0703. The van der Waals surface area contributed by atoms with E-state index >= 15 is 0 Å². The summed E-state index contributed by atoms with van der Waals surface area (Å²) in [7, 11) is 0. The summed E-state index contributed by atoms with van der Waals surface area (Å²) >= 11 is 6.22. The molecule has 0 aliphatic rings. The Labute approximate surface area is 203 Å². The van der Waals surface area contributed by atoms with E-state index in [0.717, 1.165) is 27.1 Å². The molecule has 0 saturated carbocycles. The van der Waals surface area contributed by atoms with Crippen molar-refractivity contribution in [2.45, 2.75) is 20.4 Å². The summed E-state index contributed by atoms with van der Waals surface area (Å²) in [5.74, 6) is -0.396. The zero-order chi connectivity index (χ0) is 23.8. The number of thiophene rings is 1. The second-order valence-corrected chi connectivity index (χ2v) is 9.15. The molecule has 3 aromatic heterocycles. The molecule has 172 valence electrons. The number of carboxylic acid groups (broad SMARTS) is 1. The number of H-pyrrole nitrogens is 1. The fourth-order valence-corrected chi connectivity index (χ4v) is 5.02. The summed E-state index contributed by atoms with van der Waals surface area (Å²) in [6, 6.07) is 16.3. The van der Waals surface area contributed by atoms with Gasteiger partial charge in [0, 0.05) is 10.4 Å². The van der Waals surface area contributed by atoms with Gasteiger partial charge in [-0.15, -0.1) is 11.3 Å². The minimum absolute atomic E-state index is 0.154. The first-order valence-corrected chi connectivity index (χ1v) is 11.8. The van der Waals surface area contributed by atoms with Crippen LogP contribution in [0.3, 0.4) is 0 Å². The van der Waals surface area contributed by atoms with Crippen LogP contribution in [-0.2, 0) is 6.54 Å². The zero-order valence-corrected chi connectivity index (χ0v) is 20.0. The van der Waals surface area contributed by atoms with E-state index in [1.807, 2.05) is 66.9 Å². The van der Waals surface area contributed by atoms with E-state index in [1.54, 1.807) is 0 Å². The van der Waals surface area contributed by atoms with Crippen LogP contribution < -0.4 is 4.74 Å². The first kappa shape index (κ1) is 22.1. The Balaban J connectivity index is 1.52. The van der Waals surface area contributed by atoms with Crippen LogP contribution in [0.1, 0.15) is 27.0 Å². The number of aromatic carboxylic acids is 1. The zero-order valence-electron chi connectivity index (χ0n) is 18.4. The van der Waals surface area contributed by atoms with Crippen LogP contribution >= 0.6 is 23.6 Å². The summed E-state index contributed by atoms with van der Waals surface area (Å²) < 4.78 is 12.7. The van der Waals surface area contributed by atoms with Gasteiger partial charge in [0.25, 0.3) is 6.01 Å². The van der Waals surface area contributed by atoms with Gasteiger partial charge in [-0.1, -0.05) is 48.5 Å². The third-order valence-corrected chi connectivity index (χ3v) is 6.68. The molecule has 0 aliphatic heterocycles. The van der Waals surface area contributed by atoms with Crippen molar-refractivity contribution >= 4 is 40.6 Å². The lowest BCUT2D eigenvalue weighted by Gasteiger charge is -2.11. The molecular formula is C24H20N4O4S2. The van der Waals surface area contributed by atoms with Crippen LogP contribution in [0.4, 0.5) is 0 Å². The lowest BCUT2D eigenvalue weighted by Crippen LogP contribution is -2.07. The number of nitrogens with zero attached hydrogens (tertiary/aromatic N) is 3. The van der Waals surface area contributed by atoms with Crippen molar-refractivity contribution in [3.63, 3.8) is 0 Å². The molecule has 0 amide bonds. The first-order chi connectivity index (χ1) is 16.5. The van der Waals surface area contributed by atoms with E-state index in [-0.39, 0.29) is 9.71 Å². The molecule has 0 saturated heterocycles. The molecule has 5 aromatic rings. The Morgan fingerprint density at radius 2 is 1.91 bits per heavy atom. The van der Waals surface area contributed by atoms with Gasteiger partial charge in [-0.05, 0) is 42.8 Å². The summed E-state index contributed by atoms with van der Waals surface area (Å²) in [6.45, 7) is 4.62. The molecule has 2 aromatic carbocycles. The van der Waals surface area contributed by atoms with Crippen LogP contribution in [0.25, 0.3) is 33.5 Å². The molecule has 0 spiro atoms. The average Bonchev–Trinajstić information content (AvgIpc) is 3.51. The number of aromatic nitrogens is 4. The molecule has 5 rings (SSSR count). The SMILES string of the molecule is CCOc1nc2c(C)sc(C(=O)O)c2n1Cc1ccc(-c2ccccc2-c2nc(=S)o[nH]2)cc1. The largest absolute Gasteiger partial charge is 0.477 e. The van der Waals surface area contributed by atoms with Crippen LogP contribution in [0, 0.1) is 11.8 Å². The standard InChI is InChI=1S/C24H20N4O4S2/c1-3-31-23-25-18-13(2)34-20(22(29)30)19(18)28(23)12-14-8-10-15(11-9-14)16-6-4-5-7-17(16)21-26-24(33)32-27-21/h4-11H,3,12H2,1-2H3,(H,29,30)(H,26,27,33). The second-order valence-electron chi connectivity index (χ2n) is 7.58. The van der Waals surface area contributed by atoms with E-state index in [9.17, 15) is 9.90 Å². The number of carbonyl (C=O) groups is 1. The number of benzene rings is 2. The van der Waals surface area contributed by atoms with Crippen molar-refractivity contribution in [2.75, 3.05) is 6.61 Å². The Morgan fingerprint density at radius 1 is 1.18 bits per heavy atom. The molecule has 3 heterocycles. The van der Waals surface area contributed by atoms with E-state index in [0.29, 0.717) is 36.0 Å². The van der Waals surface area contributed by atoms with Crippen LogP contribution in [-0.4, -0.2) is 37.4 Å². The first-order valence-electron chi connectivity index (χ1n) is 10.6. The fourth-order valence-electron chi connectivity index (χ4n) is 3.95. The number of ether oxygens (including phenoxy) is 1. The van der Waals surface area contributed by atoms with Gasteiger partial charge in [0.05, 0.1) is 18.7 Å². The van der Waals surface area contributed by atoms with Gasteiger partial charge in [0.2, 0.25) is 0 Å². The molecular weight excluding hydrogens is 472 g/mol. The van der Waals surface area contributed by atoms with E-state index < -0.39 is 5.97 Å². The number of aryl methyl sites for hydroxylation is 1. The Hall–Kier alpha value is -3.76. The third-order valence-electron chi connectivity index (χ3n) is 5.43. The topological polar surface area (TPSA) is 106 Å². The van der Waals surface area contributed by atoms with Gasteiger partial charge < -0.3 is 14.4 Å². The minimum atomic E-state index is -0.967. The van der Waals surface area contributed by atoms with Crippen molar-refractivity contribution in [3.8, 4) is 28.5 Å². The Bertz CT molecular complexity index is 1560. The van der Waals surface area contributed by atoms with Gasteiger partial charge >= 0.3 is 10.8 Å². The van der Waals surface area contributed by atoms with Gasteiger partial charge in [-0.3, -0.25) is 4.57 Å². The summed E-state index contributed by atoms with van der Waals surface area (Å²) in [5.41, 5.74) is 5.11. The van der Waals surface area contributed by atoms with E-state index in [4.69, 9.17) is 21.5 Å². The molecule has 0 bridgehead atoms. The van der Waals surface area contributed by atoms with E-state index in [2.05, 4.69) is 15.1 Å². The monoisotopic (exact) mass is 492 g/mol. The maximum absolute atomic E-state index is 11.9. The van der Waals surface area contributed by atoms with E-state index in [1.165, 1.54) is 11.3 Å². The van der Waals surface area contributed by atoms with Gasteiger partial charge in [0.1, 0.15) is 10.4 Å². The summed E-state index contributed by atoms with van der Waals surface area (Å²) in [5, 5.41) is 12.5.